The van der Waals surface area contributed by atoms with Gasteiger partial charge in [-0.3, -0.25) is 4.79 Å². The lowest BCUT2D eigenvalue weighted by Crippen LogP contribution is -2.19. The zero-order valence-electron chi connectivity index (χ0n) is 12.0. The Kier molecular flexibility index (Phi) is 8.71. The lowest BCUT2D eigenvalue weighted by Gasteiger charge is -2.04. The first-order chi connectivity index (χ1) is 8.56. The summed E-state index contributed by atoms with van der Waals surface area (Å²) in [6.07, 6.45) is 5.54. The predicted octanol–water partition coefficient (Wildman–Crippen LogP) is 3.52. The molecule has 0 aliphatic heterocycles. The maximum absolute atomic E-state index is 11.2. The average molecular weight is 250 g/mol. The molecule has 1 aromatic carbocycles. The highest BCUT2D eigenvalue weighted by atomic mass is 16.1. The van der Waals surface area contributed by atoms with Crippen molar-refractivity contribution in [2.24, 2.45) is 0 Å². The zero-order chi connectivity index (χ0) is 14.0. The molecule has 3 heteroatoms. The number of hydrogen-bond donors (Lipinski definition) is 2. The summed E-state index contributed by atoms with van der Waals surface area (Å²) in [5, 5.41) is 2.53. The fourth-order valence-corrected chi connectivity index (χ4v) is 1.50. The Hall–Kier alpha value is -1.51. The van der Waals surface area contributed by atoms with E-state index in [1.54, 1.807) is 19.2 Å². The van der Waals surface area contributed by atoms with Crippen molar-refractivity contribution in [3.8, 4) is 0 Å². The first-order valence-corrected chi connectivity index (χ1v) is 6.65. The van der Waals surface area contributed by atoms with Crippen LogP contribution in [-0.2, 0) is 0 Å². The number of carbonyl (C=O) groups excluding carboxylic acids is 1. The van der Waals surface area contributed by atoms with E-state index in [9.17, 15) is 4.79 Å². The van der Waals surface area contributed by atoms with E-state index in [1.807, 2.05) is 13.0 Å². The molecule has 0 fully saturated rings. The summed E-state index contributed by atoms with van der Waals surface area (Å²) in [6.45, 7) is 6.39. The molecule has 3 nitrogen and oxygen atoms in total. The molecule has 0 aliphatic rings. The fourth-order valence-electron chi connectivity index (χ4n) is 1.50. The van der Waals surface area contributed by atoms with Crippen LogP contribution in [-0.4, -0.2) is 13.0 Å². The standard InChI is InChI=1S/C9H12N2O.C6H14/c1-6-3-4-8(10)7(5-6)9(12)11-2;1-3-5-6-4-2/h3-5H,10H2,1-2H3,(H,11,12);3-6H2,1-2H3. The predicted molar refractivity (Wildman–Crippen MR) is 78.8 cm³/mol. The summed E-state index contributed by atoms with van der Waals surface area (Å²) in [7, 11) is 1.59. The van der Waals surface area contributed by atoms with Gasteiger partial charge < -0.3 is 11.1 Å². The van der Waals surface area contributed by atoms with Crippen molar-refractivity contribution in [1.82, 2.24) is 5.32 Å². The van der Waals surface area contributed by atoms with Gasteiger partial charge in [-0.1, -0.05) is 51.2 Å². The van der Waals surface area contributed by atoms with Crippen molar-refractivity contribution in [2.75, 3.05) is 12.8 Å². The lowest BCUT2D eigenvalue weighted by molar-refractivity contribution is 0.0964. The molecular formula is C15H26N2O. The molecule has 1 rings (SSSR count). The van der Waals surface area contributed by atoms with Gasteiger partial charge in [-0.25, -0.2) is 0 Å². The third kappa shape index (κ3) is 6.28. The zero-order valence-corrected chi connectivity index (χ0v) is 12.0. The molecule has 0 unspecified atom stereocenters. The first-order valence-electron chi connectivity index (χ1n) is 6.65. The lowest BCUT2D eigenvalue weighted by atomic mass is 10.1. The second-order valence-corrected chi connectivity index (χ2v) is 4.38. The maximum Gasteiger partial charge on any atom is 0.253 e. The number of benzene rings is 1. The van der Waals surface area contributed by atoms with Gasteiger partial charge in [0, 0.05) is 12.7 Å². The molecule has 102 valence electrons. The average Bonchev–Trinajstić information content (AvgIpc) is 2.39. The number of aryl methyl sites for hydroxylation is 1. The number of amides is 1. The number of nitrogens with one attached hydrogen (secondary N) is 1. The molecule has 0 aliphatic carbocycles. The van der Waals surface area contributed by atoms with E-state index >= 15 is 0 Å². The van der Waals surface area contributed by atoms with Crippen LogP contribution >= 0.6 is 0 Å². The molecule has 0 bridgehead atoms. The van der Waals surface area contributed by atoms with Crippen molar-refractivity contribution < 1.29 is 4.79 Å². The molecule has 0 atom stereocenters. The highest BCUT2D eigenvalue weighted by Crippen LogP contribution is 2.12. The highest BCUT2D eigenvalue weighted by molar-refractivity contribution is 5.99. The monoisotopic (exact) mass is 250 g/mol. The van der Waals surface area contributed by atoms with Crippen LogP contribution in [0.1, 0.15) is 55.5 Å². The van der Waals surface area contributed by atoms with Gasteiger partial charge in [0.25, 0.3) is 5.91 Å². The van der Waals surface area contributed by atoms with Crippen molar-refractivity contribution in [3.05, 3.63) is 29.3 Å². The van der Waals surface area contributed by atoms with Gasteiger partial charge >= 0.3 is 0 Å². The molecule has 0 aromatic heterocycles. The van der Waals surface area contributed by atoms with E-state index in [1.165, 1.54) is 25.7 Å². The van der Waals surface area contributed by atoms with Crippen LogP contribution in [0, 0.1) is 6.92 Å². The molecule has 0 saturated heterocycles. The van der Waals surface area contributed by atoms with Crippen molar-refractivity contribution >= 4 is 11.6 Å². The number of rotatable bonds is 4. The Morgan fingerprint density at radius 1 is 1.22 bits per heavy atom. The normalized spacial score (nSPS) is 9.33. The largest absolute Gasteiger partial charge is 0.398 e. The van der Waals surface area contributed by atoms with Gasteiger partial charge in [0.15, 0.2) is 0 Å². The third-order valence-corrected chi connectivity index (χ3v) is 2.64. The summed E-state index contributed by atoms with van der Waals surface area (Å²) in [5.74, 6) is -0.142. The Morgan fingerprint density at radius 3 is 2.22 bits per heavy atom. The van der Waals surface area contributed by atoms with Crippen LogP contribution < -0.4 is 11.1 Å². The van der Waals surface area contributed by atoms with Crippen molar-refractivity contribution in [2.45, 2.75) is 46.5 Å². The van der Waals surface area contributed by atoms with Gasteiger partial charge in [0.2, 0.25) is 0 Å². The van der Waals surface area contributed by atoms with E-state index in [2.05, 4.69) is 19.2 Å². The first kappa shape index (κ1) is 16.5. The van der Waals surface area contributed by atoms with Crippen LogP contribution in [0.4, 0.5) is 5.69 Å². The maximum atomic E-state index is 11.2. The topological polar surface area (TPSA) is 55.1 Å². The van der Waals surface area contributed by atoms with Crippen molar-refractivity contribution in [3.63, 3.8) is 0 Å². The Labute approximate surface area is 111 Å². The Bertz CT molecular complexity index is 358. The number of nitrogen functional groups attached to an aromatic ring is 1. The Balaban J connectivity index is 0.000000411. The summed E-state index contributed by atoms with van der Waals surface area (Å²) >= 11 is 0. The number of anilines is 1. The molecular weight excluding hydrogens is 224 g/mol. The van der Waals surface area contributed by atoms with Crippen LogP contribution in [0.15, 0.2) is 18.2 Å². The van der Waals surface area contributed by atoms with Crippen LogP contribution in [0.5, 0.6) is 0 Å². The smallest absolute Gasteiger partial charge is 0.253 e. The van der Waals surface area contributed by atoms with Gasteiger partial charge in [-0.15, -0.1) is 0 Å². The minimum atomic E-state index is -0.142. The van der Waals surface area contributed by atoms with Crippen LogP contribution in [0.25, 0.3) is 0 Å². The quantitative estimate of drug-likeness (QED) is 0.634. The number of carbonyl (C=O) groups is 1. The minimum Gasteiger partial charge on any atom is -0.398 e. The molecule has 0 heterocycles. The van der Waals surface area contributed by atoms with Gasteiger partial charge in [-0.2, -0.15) is 0 Å². The van der Waals surface area contributed by atoms with E-state index < -0.39 is 0 Å². The minimum absolute atomic E-state index is 0.142. The second kappa shape index (κ2) is 9.51. The van der Waals surface area contributed by atoms with Gasteiger partial charge in [0.1, 0.15) is 0 Å². The summed E-state index contributed by atoms with van der Waals surface area (Å²) in [6, 6.07) is 5.38. The molecule has 0 spiro atoms. The fraction of sp³-hybridized carbons (Fsp3) is 0.533. The van der Waals surface area contributed by atoms with E-state index in [4.69, 9.17) is 5.73 Å². The summed E-state index contributed by atoms with van der Waals surface area (Å²) in [5.41, 5.74) is 7.69. The molecule has 0 saturated carbocycles. The Morgan fingerprint density at radius 2 is 1.78 bits per heavy atom. The number of unbranched alkanes of at least 4 members (excludes halogenated alkanes) is 3. The third-order valence-electron chi connectivity index (χ3n) is 2.64. The highest BCUT2D eigenvalue weighted by Gasteiger charge is 2.06. The number of nitrogens with two attached hydrogens (primary N) is 1. The molecule has 18 heavy (non-hydrogen) atoms. The van der Waals surface area contributed by atoms with Gasteiger partial charge in [0.05, 0.1) is 5.56 Å². The summed E-state index contributed by atoms with van der Waals surface area (Å²) in [4.78, 5) is 11.2. The van der Waals surface area contributed by atoms with E-state index in [0.717, 1.165) is 5.56 Å². The SMILES string of the molecule is CCCCCC.CNC(=O)c1cc(C)ccc1N. The van der Waals surface area contributed by atoms with Crippen molar-refractivity contribution in [1.29, 1.82) is 0 Å². The van der Waals surface area contributed by atoms with Crippen LogP contribution in [0.2, 0.25) is 0 Å². The molecule has 0 radical (unpaired) electrons. The van der Waals surface area contributed by atoms with Crippen LogP contribution in [0.3, 0.4) is 0 Å². The van der Waals surface area contributed by atoms with E-state index in [0.29, 0.717) is 11.3 Å². The summed E-state index contributed by atoms with van der Waals surface area (Å²) < 4.78 is 0. The molecule has 1 aromatic rings. The molecule has 1 amide bonds. The van der Waals surface area contributed by atoms with E-state index in [-0.39, 0.29) is 5.91 Å². The van der Waals surface area contributed by atoms with Gasteiger partial charge in [-0.05, 0) is 19.1 Å². The second-order valence-electron chi connectivity index (χ2n) is 4.38. The number of hydrogen-bond acceptors (Lipinski definition) is 2. The molecule has 3 N–H and O–H groups in total.